The highest BCUT2D eigenvalue weighted by molar-refractivity contribution is 5.83. The molecule has 0 fully saturated rings. The monoisotopic (exact) mass is 707 g/mol. The molecule has 0 aliphatic heterocycles. The molecular weight excluding hydrogens is 663 g/mol. The van der Waals surface area contributed by atoms with Gasteiger partial charge in [-0.3, -0.25) is 0 Å². The van der Waals surface area contributed by atoms with Crippen LogP contribution < -0.4 is 5.32 Å². The maximum absolute atomic E-state index is 3.70. The van der Waals surface area contributed by atoms with E-state index in [0.29, 0.717) is 5.92 Å². The van der Waals surface area contributed by atoms with Crippen molar-refractivity contribution >= 4 is 11.4 Å². The molecule has 1 aliphatic rings. The summed E-state index contributed by atoms with van der Waals surface area (Å²) in [6, 6.07) is 73.1. The molecule has 0 bridgehead atoms. The number of rotatable bonds is 10. The molecule has 1 unspecified atom stereocenters. The Morgan fingerprint density at radius 3 is 1.53 bits per heavy atom. The molecule has 9 rings (SSSR count). The largest absolute Gasteiger partial charge is 0.356 e. The topological polar surface area (TPSA) is 12.0 Å². The smallest absolute Gasteiger partial charge is 0.0387 e. The number of benzene rings is 8. The SMILES string of the molecule is CC1(C)c2cc(CCC(c3ccccc3)c3ccc(-c4ccccc4)cc3)ccc2-c2ccc(Nc3ccc(-c4cccc(-c5ccccc5)c4)cc3)cc21. The van der Waals surface area contributed by atoms with Crippen LogP contribution in [0.25, 0.3) is 44.5 Å². The minimum atomic E-state index is -0.0991. The predicted molar refractivity (Wildman–Crippen MR) is 233 cm³/mol. The molecule has 0 aromatic heterocycles. The van der Waals surface area contributed by atoms with Crippen molar-refractivity contribution in [3.63, 3.8) is 0 Å². The summed E-state index contributed by atoms with van der Waals surface area (Å²) in [6.45, 7) is 4.76. The van der Waals surface area contributed by atoms with E-state index in [1.165, 1.54) is 72.3 Å². The fourth-order valence-corrected chi connectivity index (χ4v) is 8.50. The van der Waals surface area contributed by atoms with Gasteiger partial charge in [-0.1, -0.05) is 184 Å². The van der Waals surface area contributed by atoms with Crippen molar-refractivity contribution in [3.05, 3.63) is 228 Å². The summed E-state index contributed by atoms with van der Waals surface area (Å²) < 4.78 is 0. The van der Waals surface area contributed by atoms with E-state index in [-0.39, 0.29) is 5.41 Å². The molecular formula is C54H45N. The van der Waals surface area contributed by atoms with Crippen LogP contribution in [-0.4, -0.2) is 0 Å². The Balaban J connectivity index is 0.914. The maximum Gasteiger partial charge on any atom is 0.0387 e. The first-order valence-corrected chi connectivity index (χ1v) is 19.5. The zero-order valence-electron chi connectivity index (χ0n) is 31.5. The fraction of sp³-hybridized carbons (Fsp3) is 0.111. The second kappa shape index (κ2) is 14.8. The number of hydrogen-bond acceptors (Lipinski definition) is 1. The molecule has 0 spiro atoms. The zero-order chi connectivity index (χ0) is 37.2. The average Bonchev–Trinajstić information content (AvgIpc) is 3.47. The molecule has 0 saturated carbocycles. The van der Waals surface area contributed by atoms with Gasteiger partial charge in [0, 0.05) is 22.7 Å². The molecule has 1 N–H and O–H groups in total. The van der Waals surface area contributed by atoms with Gasteiger partial charge >= 0.3 is 0 Å². The lowest BCUT2D eigenvalue weighted by atomic mass is 9.81. The van der Waals surface area contributed by atoms with Gasteiger partial charge in [0.25, 0.3) is 0 Å². The average molecular weight is 708 g/mol. The first-order valence-electron chi connectivity index (χ1n) is 19.5. The van der Waals surface area contributed by atoms with Crippen molar-refractivity contribution in [2.45, 2.75) is 38.0 Å². The predicted octanol–water partition coefficient (Wildman–Crippen LogP) is 14.5. The zero-order valence-corrected chi connectivity index (χ0v) is 31.5. The Labute approximate surface area is 326 Å². The van der Waals surface area contributed by atoms with Crippen LogP contribution in [0.15, 0.2) is 200 Å². The van der Waals surface area contributed by atoms with E-state index >= 15 is 0 Å². The van der Waals surface area contributed by atoms with E-state index in [2.05, 4.69) is 219 Å². The van der Waals surface area contributed by atoms with Crippen molar-refractivity contribution in [2.75, 3.05) is 5.32 Å². The highest BCUT2D eigenvalue weighted by Gasteiger charge is 2.35. The Morgan fingerprint density at radius 2 is 0.873 bits per heavy atom. The van der Waals surface area contributed by atoms with Crippen molar-refractivity contribution in [1.29, 1.82) is 0 Å². The minimum absolute atomic E-state index is 0.0991. The first-order chi connectivity index (χ1) is 27.0. The van der Waals surface area contributed by atoms with Gasteiger partial charge in [0.2, 0.25) is 0 Å². The normalized spacial score (nSPS) is 13.1. The van der Waals surface area contributed by atoms with E-state index < -0.39 is 0 Å². The Bertz CT molecular complexity index is 2550. The van der Waals surface area contributed by atoms with Crippen molar-refractivity contribution in [2.24, 2.45) is 0 Å². The Morgan fingerprint density at radius 1 is 0.400 bits per heavy atom. The molecule has 0 saturated heterocycles. The van der Waals surface area contributed by atoms with E-state index in [1.807, 2.05) is 0 Å². The van der Waals surface area contributed by atoms with E-state index in [0.717, 1.165) is 24.2 Å². The lowest BCUT2D eigenvalue weighted by Crippen LogP contribution is -2.15. The second-order valence-corrected chi connectivity index (χ2v) is 15.4. The van der Waals surface area contributed by atoms with E-state index in [9.17, 15) is 0 Å². The van der Waals surface area contributed by atoms with Crippen molar-refractivity contribution < 1.29 is 0 Å². The molecule has 1 atom stereocenters. The second-order valence-electron chi connectivity index (χ2n) is 15.4. The molecule has 1 nitrogen and oxygen atoms in total. The van der Waals surface area contributed by atoms with Gasteiger partial charge in [0.15, 0.2) is 0 Å². The molecule has 0 heterocycles. The van der Waals surface area contributed by atoms with Gasteiger partial charge in [-0.15, -0.1) is 0 Å². The fourth-order valence-electron chi connectivity index (χ4n) is 8.50. The summed E-state index contributed by atoms with van der Waals surface area (Å²) in [5.41, 5.74) is 19.1. The molecule has 1 heteroatoms. The van der Waals surface area contributed by atoms with Crippen LogP contribution in [0.1, 0.15) is 54.0 Å². The highest BCUT2D eigenvalue weighted by atomic mass is 14.9. The molecule has 8 aromatic carbocycles. The minimum Gasteiger partial charge on any atom is -0.356 e. The first kappa shape index (κ1) is 34.3. The van der Waals surface area contributed by atoms with Crippen LogP contribution in [0.4, 0.5) is 11.4 Å². The number of aryl methyl sites for hydroxylation is 1. The number of fused-ring (bicyclic) bond motifs is 3. The number of nitrogens with one attached hydrogen (secondary N) is 1. The number of anilines is 2. The molecule has 0 radical (unpaired) electrons. The molecule has 0 amide bonds. The van der Waals surface area contributed by atoms with Gasteiger partial charge < -0.3 is 5.32 Å². The van der Waals surface area contributed by atoms with Crippen molar-refractivity contribution in [1.82, 2.24) is 0 Å². The molecule has 55 heavy (non-hydrogen) atoms. The third-order valence-corrected chi connectivity index (χ3v) is 11.6. The molecule has 266 valence electrons. The van der Waals surface area contributed by atoms with Crippen LogP contribution in [0.2, 0.25) is 0 Å². The lowest BCUT2D eigenvalue weighted by Gasteiger charge is -2.23. The van der Waals surface area contributed by atoms with Crippen LogP contribution >= 0.6 is 0 Å². The van der Waals surface area contributed by atoms with Crippen LogP contribution in [0.5, 0.6) is 0 Å². The molecule has 1 aliphatic carbocycles. The third kappa shape index (κ3) is 7.02. The highest BCUT2D eigenvalue weighted by Crippen LogP contribution is 2.50. The van der Waals surface area contributed by atoms with Gasteiger partial charge in [0.1, 0.15) is 0 Å². The lowest BCUT2D eigenvalue weighted by molar-refractivity contribution is 0.657. The summed E-state index contributed by atoms with van der Waals surface area (Å²) in [4.78, 5) is 0. The third-order valence-electron chi connectivity index (χ3n) is 11.6. The van der Waals surface area contributed by atoms with E-state index in [4.69, 9.17) is 0 Å². The Kier molecular flexibility index (Phi) is 9.22. The van der Waals surface area contributed by atoms with Gasteiger partial charge in [-0.05, 0) is 115 Å². The summed E-state index contributed by atoms with van der Waals surface area (Å²) in [5, 5.41) is 3.70. The van der Waals surface area contributed by atoms with Crippen LogP contribution in [-0.2, 0) is 11.8 Å². The van der Waals surface area contributed by atoms with Crippen LogP contribution in [0, 0.1) is 0 Å². The van der Waals surface area contributed by atoms with Crippen molar-refractivity contribution in [3.8, 4) is 44.5 Å². The summed E-state index contributed by atoms with van der Waals surface area (Å²) in [7, 11) is 0. The Hall–Kier alpha value is -6.44. The summed E-state index contributed by atoms with van der Waals surface area (Å²) in [6.07, 6.45) is 2.06. The van der Waals surface area contributed by atoms with Gasteiger partial charge in [0.05, 0.1) is 0 Å². The van der Waals surface area contributed by atoms with Crippen LogP contribution in [0.3, 0.4) is 0 Å². The van der Waals surface area contributed by atoms with E-state index in [1.54, 1.807) is 0 Å². The maximum atomic E-state index is 3.70. The number of hydrogen-bond donors (Lipinski definition) is 1. The summed E-state index contributed by atoms with van der Waals surface area (Å²) in [5.74, 6) is 0.326. The van der Waals surface area contributed by atoms with Gasteiger partial charge in [-0.2, -0.15) is 0 Å². The quantitative estimate of drug-likeness (QED) is 0.149. The standard InChI is InChI=1S/C54H45N/c1-54(2)52-35-38(21-32-49(43-17-10-5-11-18-43)44-25-23-41(24-26-44)39-13-6-3-7-14-39)22-33-50(52)51-34-31-48(37-53(51)54)55-47-29-27-42(28-30-47)46-20-12-19-45(36-46)40-15-8-4-9-16-40/h3-20,22-31,33-37,49,55H,21,32H2,1-2H3. The summed E-state index contributed by atoms with van der Waals surface area (Å²) >= 11 is 0. The van der Waals surface area contributed by atoms with Gasteiger partial charge in [-0.25, -0.2) is 0 Å². The molecule has 8 aromatic rings.